The van der Waals surface area contributed by atoms with E-state index in [1.165, 1.54) is 22.4 Å². The minimum Gasteiger partial charge on any atom is -0.683 e. The Morgan fingerprint density at radius 2 is 1.06 bits per heavy atom. The van der Waals surface area contributed by atoms with E-state index in [9.17, 15) is 5.11 Å². The van der Waals surface area contributed by atoms with E-state index >= 15 is 0 Å². The van der Waals surface area contributed by atoms with E-state index in [1.807, 2.05) is 97.1 Å². The molecule has 0 radical (unpaired) electrons. The third kappa shape index (κ3) is 14.3. The predicted molar refractivity (Wildman–Crippen MR) is 198 cm³/mol. The molecule has 0 bridgehead atoms. The molecule has 0 amide bonds. The van der Waals surface area contributed by atoms with Crippen molar-refractivity contribution >= 4 is 5.69 Å². The Kier molecular flexibility index (Phi) is 18.4. The van der Waals surface area contributed by atoms with Crippen LogP contribution in [0.25, 0.3) is 5.32 Å². The van der Waals surface area contributed by atoms with Crippen molar-refractivity contribution in [3.8, 4) is 5.75 Å². The van der Waals surface area contributed by atoms with E-state index < -0.39 is 0 Å². The van der Waals surface area contributed by atoms with E-state index in [1.54, 1.807) is 0 Å². The Morgan fingerprint density at radius 1 is 0.596 bits per heavy atom. The zero-order valence-electron chi connectivity index (χ0n) is 28.6. The van der Waals surface area contributed by atoms with Gasteiger partial charge < -0.3 is 15.7 Å². The number of aromatic hydroxyl groups is 1. The van der Waals surface area contributed by atoms with E-state index in [0.29, 0.717) is 17.6 Å². The van der Waals surface area contributed by atoms with Crippen LogP contribution in [0.5, 0.6) is 5.75 Å². The summed E-state index contributed by atoms with van der Waals surface area (Å²) in [5.74, 6) is 1.35. The third-order valence-corrected chi connectivity index (χ3v) is 7.60. The van der Waals surface area contributed by atoms with Gasteiger partial charge in [0.15, 0.2) is 0 Å². The van der Waals surface area contributed by atoms with E-state index in [4.69, 9.17) is 5.32 Å². The van der Waals surface area contributed by atoms with Crippen LogP contribution in [0.15, 0.2) is 127 Å². The summed E-state index contributed by atoms with van der Waals surface area (Å²) in [6, 6.07) is 42.7. The van der Waals surface area contributed by atoms with Gasteiger partial charge in [-0.3, -0.25) is 0 Å². The average molecular weight is 703 g/mol. The number of nitrogens with zero attached hydrogens (tertiary/aromatic N) is 1. The van der Waals surface area contributed by atoms with Crippen LogP contribution in [-0.2, 0) is 39.0 Å². The number of rotatable bonds is 11. The molecule has 0 heterocycles. The first-order chi connectivity index (χ1) is 22.3. The molecule has 0 aromatic heterocycles. The van der Waals surface area contributed by atoms with E-state index in [0.717, 1.165) is 54.7 Å². The molecule has 47 heavy (non-hydrogen) atoms. The third-order valence-electron chi connectivity index (χ3n) is 7.60. The van der Waals surface area contributed by atoms with E-state index in [2.05, 4.69) is 77.2 Å². The molecular formula is C43H51N2OZr+. The molecule has 0 unspecified atom stereocenters. The molecule has 3 nitrogen and oxygen atoms in total. The fourth-order valence-electron chi connectivity index (χ4n) is 5.05. The number of para-hydroxylation sites is 2. The summed E-state index contributed by atoms with van der Waals surface area (Å²) in [5.41, 5.74) is 9.16. The Bertz CT molecular complexity index is 1470. The molecule has 0 atom stereocenters. The van der Waals surface area contributed by atoms with Crippen LogP contribution in [-0.4, -0.2) is 24.7 Å². The van der Waals surface area contributed by atoms with Crippen molar-refractivity contribution in [2.75, 3.05) is 19.6 Å². The number of phenolic OH excluding ortho intramolecular Hbond substituents is 1. The number of hydrogen-bond acceptors (Lipinski definition) is 2. The zero-order valence-corrected chi connectivity index (χ0v) is 31.1. The fraction of sp³-hybridized carbons (Fsp3) is 0.256. The van der Waals surface area contributed by atoms with Gasteiger partial charge in [-0.2, -0.15) is 49.2 Å². The van der Waals surface area contributed by atoms with Crippen LogP contribution in [0.3, 0.4) is 0 Å². The second kappa shape index (κ2) is 22.0. The minimum absolute atomic E-state index is 0. The van der Waals surface area contributed by atoms with Crippen molar-refractivity contribution in [2.45, 2.75) is 52.4 Å². The summed E-state index contributed by atoms with van der Waals surface area (Å²) in [4.78, 5) is 0. The first kappa shape index (κ1) is 39.5. The number of hydrogen-bond donors (Lipinski definition) is 2. The molecule has 5 aromatic carbocycles. The summed E-state index contributed by atoms with van der Waals surface area (Å²) in [5, 5.41) is 19.2. The summed E-state index contributed by atoms with van der Waals surface area (Å²) >= 11 is 0. The molecule has 0 aliphatic heterocycles. The van der Waals surface area contributed by atoms with Gasteiger partial charge in [0.05, 0.1) is 0 Å². The molecule has 0 spiro atoms. The summed E-state index contributed by atoms with van der Waals surface area (Å²) < 4.78 is 0. The Morgan fingerprint density at radius 3 is 1.53 bits per heavy atom. The number of phenols is 1. The van der Waals surface area contributed by atoms with Crippen LogP contribution in [0.2, 0.25) is 0 Å². The van der Waals surface area contributed by atoms with Gasteiger partial charge in [0, 0.05) is 6.42 Å². The number of benzene rings is 5. The maximum absolute atomic E-state index is 10.7. The van der Waals surface area contributed by atoms with Crippen molar-refractivity contribution in [3.05, 3.63) is 186 Å². The molecule has 0 aliphatic rings. The molecule has 0 saturated heterocycles. The zero-order chi connectivity index (χ0) is 33.1. The molecule has 5 rings (SSSR count). The topological polar surface area (TPSA) is 46.4 Å². The normalized spacial score (nSPS) is 10.3. The van der Waals surface area contributed by atoms with Crippen LogP contribution in [0, 0.1) is 13.8 Å². The quantitative estimate of drug-likeness (QED) is 0.106. The summed E-state index contributed by atoms with van der Waals surface area (Å²) in [6.07, 6.45) is 1.55. The monoisotopic (exact) mass is 701 g/mol. The first-order valence-electron chi connectivity index (χ1n) is 16.3. The average Bonchev–Trinajstić information content (AvgIpc) is 3.06. The Hall–Kier alpha value is -3.72. The first-order valence-corrected chi connectivity index (χ1v) is 16.3. The van der Waals surface area contributed by atoms with Crippen LogP contribution >= 0.6 is 0 Å². The van der Waals surface area contributed by atoms with Crippen LogP contribution < -0.4 is 5.32 Å². The van der Waals surface area contributed by atoms with Crippen molar-refractivity contribution in [1.82, 2.24) is 5.32 Å². The van der Waals surface area contributed by atoms with Crippen molar-refractivity contribution in [2.24, 2.45) is 0 Å². The van der Waals surface area contributed by atoms with Crippen molar-refractivity contribution in [1.29, 1.82) is 0 Å². The van der Waals surface area contributed by atoms with Gasteiger partial charge in [-0.25, -0.2) is 0 Å². The Balaban J connectivity index is 0.000000419. The molecule has 4 heteroatoms. The van der Waals surface area contributed by atoms with Crippen LogP contribution in [0.1, 0.15) is 78.5 Å². The minimum atomic E-state index is 0. The SMILES string of the molecule is CC(C)c1cccc(C(C)C)c1[N-]CCNCCc1cccc(Cc2ccccc2)c1O.[CH2-]c1ccccc1.[CH2-]c1ccccc1.[Zr+4]. The molecule has 2 N–H and O–H groups in total. The van der Waals surface area contributed by atoms with E-state index in [-0.39, 0.29) is 26.2 Å². The molecular weight excluding hydrogens is 652 g/mol. The molecule has 0 fully saturated rings. The second-order valence-electron chi connectivity index (χ2n) is 12.0. The fourth-order valence-corrected chi connectivity index (χ4v) is 5.05. The summed E-state index contributed by atoms with van der Waals surface area (Å²) in [7, 11) is 0. The van der Waals surface area contributed by atoms with Gasteiger partial charge in [-0.15, -0.1) is 36.5 Å². The molecule has 0 aliphatic carbocycles. The predicted octanol–water partition coefficient (Wildman–Crippen LogP) is 10.8. The maximum Gasteiger partial charge on any atom is 4.00 e. The van der Waals surface area contributed by atoms with Gasteiger partial charge >= 0.3 is 26.2 Å². The molecule has 242 valence electrons. The van der Waals surface area contributed by atoms with Gasteiger partial charge in [0.25, 0.3) is 0 Å². The number of nitrogens with one attached hydrogen (secondary N) is 1. The van der Waals surface area contributed by atoms with Gasteiger partial charge in [0.1, 0.15) is 5.75 Å². The maximum atomic E-state index is 10.7. The van der Waals surface area contributed by atoms with Gasteiger partial charge in [0.2, 0.25) is 0 Å². The summed E-state index contributed by atoms with van der Waals surface area (Å²) in [6.45, 7) is 18.8. The van der Waals surface area contributed by atoms with Gasteiger partial charge in [-0.1, -0.05) is 118 Å². The standard InChI is InChI=1S/C29H37N2O.2C7H7.Zr/c1-21(2)26-14-9-15-27(22(3)4)28(26)31-19-18-30-17-16-24-12-8-13-25(29(24)32)20-23-10-6-5-7-11-23;2*1-7-5-3-2-4-6-7;/h5-15,21-22,30,32H,16-20H2,1-4H3;2*2-6H,1H2;/q3*-1;+4. The van der Waals surface area contributed by atoms with Crippen molar-refractivity contribution < 1.29 is 31.3 Å². The van der Waals surface area contributed by atoms with Crippen molar-refractivity contribution in [3.63, 3.8) is 0 Å². The van der Waals surface area contributed by atoms with Gasteiger partial charge in [-0.05, 0) is 48.0 Å². The molecule has 5 aromatic rings. The second-order valence-corrected chi connectivity index (χ2v) is 12.0. The van der Waals surface area contributed by atoms with Crippen LogP contribution in [0.4, 0.5) is 5.69 Å². The smallest absolute Gasteiger partial charge is 0.683 e. The largest absolute Gasteiger partial charge is 4.00 e. The Labute approximate surface area is 304 Å². The molecule has 0 saturated carbocycles.